The van der Waals surface area contributed by atoms with Crippen LogP contribution in [0.1, 0.15) is 5.56 Å². The van der Waals surface area contributed by atoms with Crippen LogP contribution in [0.15, 0.2) is 30.5 Å². The molecule has 0 atom stereocenters. The predicted molar refractivity (Wildman–Crippen MR) is 65.2 cm³/mol. The maximum absolute atomic E-state index is 8.82. The van der Waals surface area contributed by atoms with E-state index in [0.29, 0.717) is 0 Å². The Kier molecular flexibility index (Phi) is 2.93. The van der Waals surface area contributed by atoms with E-state index < -0.39 is 0 Å². The van der Waals surface area contributed by atoms with Gasteiger partial charge in [-0.25, -0.2) is 0 Å². The number of aromatic nitrogens is 1. The molecule has 0 aliphatic carbocycles. The van der Waals surface area contributed by atoms with Crippen molar-refractivity contribution >= 4 is 10.9 Å². The third-order valence-corrected chi connectivity index (χ3v) is 2.69. The minimum Gasteiger partial charge on any atom is -0.346 e. The summed E-state index contributed by atoms with van der Waals surface area (Å²) in [7, 11) is 4.14. The number of hydrogen-bond acceptors (Lipinski definition) is 2. The SMILES string of the molecule is CN(C)CCn1ccc2cc(C#N)ccc21. The van der Waals surface area contributed by atoms with Gasteiger partial charge in [0, 0.05) is 30.2 Å². The molecule has 1 aromatic carbocycles. The van der Waals surface area contributed by atoms with Crippen LogP contribution in [0.3, 0.4) is 0 Å². The highest BCUT2D eigenvalue weighted by atomic mass is 15.1. The van der Waals surface area contributed by atoms with Crippen molar-refractivity contribution in [3.8, 4) is 6.07 Å². The van der Waals surface area contributed by atoms with Crippen molar-refractivity contribution in [3.63, 3.8) is 0 Å². The lowest BCUT2D eigenvalue weighted by Crippen LogP contribution is -2.17. The molecule has 0 unspecified atom stereocenters. The predicted octanol–water partition coefficient (Wildman–Crippen LogP) is 2.07. The molecule has 0 radical (unpaired) electrons. The minimum atomic E-state index is 0.720. The summed E-state index contributed by atoms with van der Waals surface area (Å²) in [6.45, 7) is 1.99. The Morgan fingerprint density at radius 2 is 2.12 bits per heavy atom. The summed E-state index contributed by atoms with van der Waals surface area (Å²) < 4.78 is 2.22. The van der Waals surface area contributed by atoms with Crippen LogP contribution in [0.5, 0.6) is 0 Å². The third kappa shape index (κ3) is 2.07. The molecule has 1 heterocycles. The smallest absolute Gasteiger partial charge is 0.0991 e. The largest absolute Gasteiger partial charge is 0.346 e. The van der Waals surface area contributed by atoms with Crippen molar-refractivity contribution in [2.24, 2.45) is 0 Å². The lowest BCUT2D eigenvalue weighted by atomic mass is 10.2. The van der Waals surface area contributed by atoms with E-state index in [1.54, 1.807) is 0 Å². The van der Waals surface area contributed by atoms with Gasteiger partial charge < -0.3 is 9.47 Å². The number of likely N-dealkylation sites (N-methyl/N-ethyl adjacent to an activating group) is 1. The van der Waals surface area contributed by atoms with Gasteiger partial charge in [0.2, 0.25) is 0 Å². The van der Waals surface area contributed by atoms with Gasteiger partial charge in [-0.15, -0.1) is 0 Å². The molecule has 2 aromatic rings. The first-order valence-electron chi connectivity index (χ1n) is 5.34. The van der Waals surface area contributed by atoms with Crippen LogP contribution < -0.4 is 0 Å². The molecule has 16 heavy (non-hydrogen) atoms. The second-order valence-corrected chi connectivity index (χ2v) is 4.20. The Balaban J connectivity index is 2.31. The molecular weight excluding hydrogens is 198 g/mol. The monoisotopic (exact) mass is 213 g/mol. The van der Waals surface area contributed by atoms with Gasteiger partial charge in [0.25, 0.3) is 0 Å². The maximum atomic E-state index is 8.82. The standard InChI is InChI=1S/C13H15N3/c1-15(2)7-8-16-6-5-12-9-11(10-14)3-4-13(12)16/h3-6,9H,7-8H2,1-2H3. The topological polar surface area (TPSA) is 32.0 Å². The van der Waals surface area contributed by atoms with E-state index in [0.717, 1.165) is 24.0 Å². The number of nitrogens with zero attached hydrogens (tertiary/aromatic N) is 3. The van der Waals surface area contributed by atoms with E-state index in [9.17, 15) is 0 Å². The summed E-state index contributed by atoms with van der Waals surface area (Å²) in [6.07, 6.45) is 2.08. The zero-order valence-electron chi connectivity index (χ0n) is 9.64. The molecule has 0 N–H and O–H groups in total. The van der Waals surface area contributed by atoms with Crippen LogP contribution in [0.2, 0.25) is 0 Å². The quantitative estimate of drug-likeness (QED) is 0.781. The molecule has 0 spiro atoms. The Morgan fingerprint density at radius 1 is 1.31 bits per heavy atom. The van der Waals surface area contributed by atoms with E-state index in [4.69, 9.17) is 5.26 Å². The summed E-state index contributed by atoms with van der Waals surface area (Å²) in [5, 5.41) is 9.95. The molecule has 0 amide bonds. The highest BCUT2D eigenvalue weighted by molar-refractivity contribution is 5.81. The van der Waals surface area contributed by atoms with Crippen molar-refractivity contribution in [2.75, 3.05) is 20.6 Å². The first kappa shape index (κ1) is 10.7. The maximum Gasteiger partial charge on any atom is 0.0991 e. The van der Waals surface area contributed by atoms with Gasteiger partial charge in [0.1, 0.15) is 0 Å². The molecule has 0 saturated heterocycles. The Labute approximate surface area is 95.5 Å². The molecule has 0 aliphatic heterocycles. The fraction of sp³-hybridized carbons (Fsp3) is 0.308. The van der Waals surface area contributed by atoms with Gasteiger partial charge in [0.05, 0.1) is 11.6 Å². The van der Waals surface area contributed by atoms with Crippen LogP contribution in [0.4, 0.5) is 0 Å². The van der Waals surface area contributed by atoms with E-state index in [1.807, 2.05) is 18.2 Å². The summed E-state index contributed by atoms with van der Waals surface area (Å²) >= 11 is 0. The molecule has 3 nitrogen and oxygen atoms in total. The van der Waals surface area contributed by atoms with Gasteiger partial charge in [-0.2, -0.15) is 5.26 Å². The highest BCUT2D eigenvalue weighted by Gasteiger charge is 2.02. The molecule has 0 aliphatic rings. The Bertz CT molecular complexity index is 532. The molecule has 2 rings (SSSR count). The van der Waals surface area contributed by atoms with E-state index in [-0.39, 0.29) is 0 Å². The number of hydrogen-bond donors (Lipinski definition) is 0. The molecule has 0 saturated carbocycles. The molecule has 1 aromatic heterocycles. The number of benzene rings is 1. The lowest BCUT2D eigenvalue weighted by molar-refractivity contribution is 0.387. The van der Waals surface area contributed by atoms with Gasteiger partial charge in [-0.3, -0.25) is 0 Å². The third-order valence-electron chi connectivity index (χ3n) is 2.69. The van der Waals surface area contributed by atoms with Crippen molar-refractivity contribution in [3.05, 3.63) is 36.0 Å². The second-order valence-electron chi connectivity index (χ2n) is 4.20. The first-order chi connectivity index (χ1) is 7.70. The normalized spacial score (nSPS) is 10.9. The van der Waals surface area contributed by atoms with Crippen molar-refractivity contribution in [2.45, 2.75) is 6.54 Å². The summed E-state index contributed by atoms with van der Waals surface area (Å²) in [5.41, 5.74) is 1.92. The second kappa shape index (κ2) is 4.38. The molecule has 0 bridgehead atoms. The van der Waals surface area contributed by atoms with E-state index in [2.05, 4.69) is 41.9 Å². The van der Waals surface area contributed by atoms with Crippen LogP contribution in [0.25, 0.3) is 10.9 Å². The average Bonchev–Trinajstić information content (AvgIpc) is 2.68. The van der Waals surface area contributed by atoms with E-state index >= 15 is 0 Å². The Morgan fingerprint density at radius 3 is 2.81 bits per heavy atom. The zero-order valence-corrected chi connectivity index (χ0v) is 9.64. The molecule has 0 fully saturated rings. The Hall–Kier alpha value is -1.79. The van der Waals surface area contributed by atoms with Crippen LogP contribution in [0, 0.1) is 11.3 Å². The molecular formula is C13H15N3. The zero-order chi connectivity index (χ0) is 11.5. The average molecular weight is 213 g/mol. The number of fused-ring (bicyclic) bond motifs is 1. The minimum absolute atomic E-state index is 0.720. The number of nitriles is 1. The lowest BCUT2D eigenvalue weighted by Gasteiger charge is -2.11. The number of rotatable bonds is 3. The summed E-state index contributed by atoms with van der Waals surface area (Å²) in [5.74, 6) is 0. The fourth-order valence-electron chi connectivity index (χ4n) is 1.77. The highest BCUT2D eigenvalue weighted by Crippen LogP contribution is 2.17. The van der Waals surface area contributed by atoms with Crippen molar-refractivity contribution < 1.29 is 0 Å². The van der Waals surface area contributed by atoms with Crippen LogP contribution in [-0.2, 0) is 6.54 Å². The first-order valence-corrected chi connectivity index (χ1v) is 5.34. The van der Waals surface area contributed by atoms with Gasteiger partial charge in [-0.05, 0) is 38.4 Å². The van der Waals surface area contributed by atoms with Crippen LogP contribution >= 0.6 is 0 Å². The van der Waals surface area contributed by atoms with Gasteiger partial charge >= 0.3 is 0 Å². The van der Waals surface area contributed by atoms with E-state index in [1.165, 1.54) is 5.52 Å². The van der Waals surface area contributed by atoms with Gasteiger partial charge in [-0.1, -0.05) is 0 Å². The summed E-state index contributed by atoms with van der Waals surface area (Å²) in [4.78, 5) is 2.16. The van der Waals surface area contributed by atoms with Crippen molar-refractivity contribution in [1.82, 2.24) is 9.47 Å². The molecule has 82 valence electrons. The van der Waals surface area contributed by atoms with Crippen molar-refractivity contribution in [1.29, 1.82) is 5.26 Å². The summed E-state index contributed by atoms with van der Waals surface area (Å²) in [6, 6.07) is 10.0. The fourth-order valence-corrected chi connectivity index (χ4v) is 1.77. The van der Waals surface area contributed by atoms with Crippen LogP contribution in [-0.4, -0.2) is 30.1 Å². The van der Waals surface area contributed by atoms with Gasteiger partial charge in [0.15, 0.2) is 0 Å². The molecule has 3 heteroatoms.